The predicted molar refractivity (Wildman–Crippen MR) is 99.9 cm³/mol. The normalized spacial score (nSPS) is 12.0. The first-order valence-corrected chi connectivity index (χ1v) is 9.05. The Morgan fingerprint density at radius 3 is 2.03 bits per heavy atom. The van der Waals surface area contributed by atoms with Gasteiger partial charge in [-0.3, -0.25) is 5.41 Å². The molecule has 1 aromatic carbocycles. The fourth-order valence-electron chi connectivity index (χ4n) is 2.28. The molecule has 0 bridgehead atoms. The summed E-state index contributed by atoms with van der Waals surface area (Å²) < 4.78 is 76.7. The van der Waals surface area contributed by atoms with E-state index in [4.69, 9.17) is 15.9 Å². The molecule has 1 amide bonds. The first kappa shape index (κ1) is 27.3. The molecular weight excluding hydrogens is 465 g/mol. The number of hydrogen-bond donors (Lipinski definition) is 3. The van der Waals surface area contributed by atoms with Gasteiger partial charge in [-0.2, -0.15) is 8.78 Å². The summed E-state index contributed by atoms with van der Waals surface area (Å²) in [6, 6.07) is -1.80. The number of nitrogens with two attached hydrogens (primary N) is 1. The van der Waals surface area contributed by atoms with Crippen LogP contribution >= 0.6 is 0 Å². The third kappa shape index (κ3) is 7.43. The number of esters is 1. The van der Waals surface area contributed by atoms with Crippen molar-refractivity contribution in [3.8, 4) is 5.75 Å². The van der Waals surface area contributed by atoms with Crippen LogP contribution in [0.3, 0.4) is 0 Å². The Morgan fingerprint density at radius 1 is 1.12 bits per heavy atom. The van der Waals surface area contributed by atoms with E-state index >= 15 is 0 Å². The molecule has 0 aliphatic carbocycles. The molecule has 0 fully saturated rings. The Morgan fingerprint density at radius 2 is 1.61 bits per heavy atom. The van der Waals surface area contributed by atoms with Crippen molar-refractivity contribution < 1.29 is 46.0 Å². The molecule has 184 valence electrons. The van der Waals surface area contributed by atoms with Gasteiger partial charge in [-0.25, -0.2) is 32.9 Å². The van der Waals surface area contributed by atoms with Gasteiger partial charge in [-0.15, -0.1) is 0 Å². The van der Waals surface area contributed by atoms with Crippen LogP contribution in [-0.4, -0.2) is 46.3 Å². The summed E-state index contributed by atoms with van der Waals surface area (Å²) in [7, 11) is 0. The van der Waals surface area contributed by atoms with E-state index in [2.05, 4.69) is 4.74 Å². The second-order valence-electron chi connectivity index (χ2n) is 7.41. The minimum Gasteiger partial charge on any atom is -0.444 e. The predicted octanol–water partition coefficient (Wildman–Crippen LogP) is 2.35. The number of hydrazine groups is 1. The molecule has 33 heavy (non-hydrogen) atoms. The van der Waals surface area contributed by atoms with Gasteiger partial charge in [0.25, 0.3) is 5.96 Å². The van der Waals surface area contributed by atoms with Gasteiger partial charge in [0.05, 0.1) is 6.54 Å². The Bertz CT molecular complexity index is 912. The molecule has 1 aromatic rings. The number of amides is 1. The highest BCUT2D eigenvalue weighted by molar-refractivity contribution is 5.83. The van der Waals surface area contributed by atoms with Gasteiger partial charge in [0.2, 0.25) is 34.8 Å². The summed E-state index contributed by atoms with van der Waals surface area (Å²) in [5, 5.41) is 19.1. The van der Waals surface area contributed by atoms with Crippen molar-refractivity contribution in [1.29, 1.82) is 5.41 Å². The maximum atomic E-state index is 13.8. The highest BCUT2D eigenvalue weighted by Crippen LogP contribution is 2.29. The minimum atomic E-state index is -2.47. The van der Waals surface area contributed by atoms with Crippen LogP contribution in [0.2, 0.25) is 0 Å². The van der Waals surface area contributed by atoms with Crippen LogP contribution in [0.5, 0.6) is 5.75 Å². The number of rotatable bonds is 8. The maximum Gasteiger partial charge on any atom is 0.408 e. The molecule has 1 atom stereocenters. The van der Waals surface area contributed by atoms with Gasteiger partial charge in [0, 0.05) is 0 Å². The van der Waals surface area contributed by atoms with E-state index in [1.807, 2.05) is 5.32 Å². The smallest absolute Gasteiger partial charge is 0.408 e. The van der Waals surface area contributed by atoms with Crippen LogP contribution in [0.25, 0.3) is 0 Å². The van der Waals surface area contributed by atoms with Crippen molar-refractivity contribution in [2.45, 2.75) is 45.3 Å². The fraction of sp³-hybridized carbons (Fsp3) is 0.471. The number of ether oxygens (including phenoxy) is 2. The lowest BCUT2D eigenvalue weighted by Crippen LogP contribution is -2.46. The molecule has 0 aromatic heterocycles. The fourth-order valence-corrected chi connectivity index (χ4v) is 2.28. The molecule has 0 heterocycles. The summed E-state index contributed by atoms with van der Waals surface area (Å²) in [6.07, 6.45) is -2.02. The molecule has 11 nitrogen and oxygen atoms in total. The number of benzene rings is 1. The summed E-state index contributed by atoms with van der Waals surface area (Å²) in [4.78, 5) is 35.2. The zero-order chi connectivity index (χ0) is 25.7. The number of guanidine groups is 1. The lowest BCUT2D eigenvalue weighted by Gasteiger charge is -2.23. The quantitative estimate of drug-likeness (QED) is 0.0582. The lowest BCUT2D eigenvalue weighted by atomic mass is 10.1. The second kappa shape index (κ2) is 10.7. The molecule has 0 unspecified atom stereocenters. The summed E-state index contributed by atoms with van der Waals surface area (Å²) in [5.41, 5.74) is 4.00. The third-order valence-electron chi connectivity index (χ3n) is 3.69. The molecule has 0 aliphatic rings. The number of hydrogen-bond acceptors (Lipinski definition) is 7. The molecule has 1 rings (SSSR count). The van der Waals surface area contributed by atoms with Gasteiger partial charge in [0.15, 0.2) is 5.03 Å². The van der Waals surface area contributed by atoms with Crippen LogP contribution < -0.4 is 15.8 Å². The molecule has 4 N–H and O–H groups in total. The average Bonchev–Trinajstić information content (AvgIpc) is 2.68. The van der Waals surface area contributed by atoms with Gasteiger partial charge >= 0.3 is 12.1 Å². The zero-order valence-electron chi connectivity index (χ0n) is 17.5. The number of carbonyl (C=O) groups excluding carboxylic acids is 2. The summed E-state index contributed by atoms with van der Waals surface area (Å²) >= 11 is 0. The van der Waals surface area contributed by atoms with Crippen molar-refractivity contribution in [3.63, 3.8) is 0 Å². The van der Waals surface area contributed by atoms with Crippen molar-refractivity contribution in [3.05, 3.63) is 39.2 Å². The molecule has 0 radical (unpaired) electrons. The monoisotopic (exact) mass is 485 g/mol. The van der Waals surface area contributed by atoms with E-state index in [1.165, 1.54) is 20.8 Å². The number of nitrogens with zero attached hydrogens (tertiary/aromatic N) is 2. The van der Waals surface area contributed by atoms with Crippen LogP contribution in [0, 0.1) is 44.6 Å². The Labute approximate surface area is 183 Å². The average molecular weight is 485 g/mol. The highest BCUT2D eigenvalue weighted by atomic mass is 19.2. The SMILES string of the molecule is CC(C)(C)OC(=O)N[C@@H](CCCN(C(=N)N)[N+](=O)[O-])C(=O)Oc1c(F)c(F)c(F)c(F)c1F. The second-order valence-corrected chi connectivity index (χ2v) is 7.41. The number of carbonyl (C=O) groups is 2. The van der Waals surface area contributed by atoms with Crippen LogP contribution in [0.1, 0.15) is 33.6 Å². The number of halogens is 5. The number of nitrogens with one attached hydrogen (secondary N) is 2. The van der Waals surface area contributed by atoms with Crippen LogP contribution in [-0.2, 0) is 9.53 Å². The minimum absolute atomic E-state index is 0.194. The van der Waals surface area contributed by atoms with Crippen molar-refractivity contribution in [2.24, 2.45) is 5.73 Å². The summed E-state index contributed by atoms with van der Waals surface area (Å²) in [5.74, 6) is -16.5. The maximum absolute atomic E-state index is 13.8. The molecule has 0 saturated heterocycles. The topological polar surface area (TPSA) is 161 Å². The van der Waals surface area contributed by atoms with E-state index < -0.39 is 82.5 Å². The van der Waals surface area contributed by atoms with E-state index in [0.29, 0.717) is 0 Å². The van der Waals surface area contributed by atoms with Crippen LogP contribution in [0.4, 0.5) is 26.7 Å². The van der Waals surface area contributed by atoms with Crippen molar-refractivity contribution in [2.75, 3.05) is 6.54 Å². The van der Waals surface area contributed by atoms with E-state index in [1.54, 1.807) is 0 Å². The first-order chi connectivity index (χ1) is 15.1. The first-order valence-electron chi connectivity index (χ1n) is 9.05. The molecule has 0 aliphatic heterocycles. The molecule has 16 heteroatoms. The van der Waals surface area contributed by atoms with Crippen molar-refractivity contribution >= 4 is 18.0 Å². The Kier molecular flexibility index (Phi) is 8.88. The lowest BCUT2D eigenvalue weighted by molar-refractivity contribution is -0.629. The largest absolute Gasteiger partial charge is 0.444 e. The zero-order valence-corrected chi connectivity index (χ0v) is 17.5. The van der Waals surface area contributed by atoms with Gasteiger partial charge in [-0.1, -0.05) is 5.01 Å². The van der Waals surface area contributed by atoms with Gasteiger partial charge < -0.3 is 20.5 Å². The standard InChI is InChI=1S/C17H20F5N5O6/c1-17(2,3)33-16(29)25-7(5-4-6-26(15(23)24)27(30)31)14(28)32-13-11(21)9(19)8(18)10(20)12(13)22/h7H,4-6H2,1-3H3,(H3,23,24)(H,25,29)/t7-/m0/s1. The molecular formula is C17H20F5N5O6. The van der Waals surface area contributed by atoms with E-state index in [9.17, 15) is 41.7 Å². The van der Waals surface area contributed by atoms with Crippen molar-refractivity contribution in [1.82, 2.24) is 10.3 Å². The van der Waals surface area contributed by atoms with Gasteiger partial charge in [0.1, 0.15) is 11.6 Å². The number of alkyl carbamates (subject to hydrolysis) is 1. The third-order valence-corrected chi connectivity index (χ3v) is 3.69. The van der Waals surface area contributed by atoms with E-state index in [-0.39, 0.29) is 11.4 Å². The van der Waals surface area contributed by atoms with E-state index in [0.717, 1.165) is 0 Å². The van der Waals surface area contributed by atoms with Crippen LogP contribution in [0.15, 0.2) is 0 Å². The molecule has 0 saturated carbocycles. The Hall–Kier alpha value is -3.72. The number of nitro groups is 1. The Balaban J connectivity index is 3.12. The highest BCUT2D eigenvalue weighted by Gasteiger charge is 2.32. The summed E-state index contributed by atoms with van der Waals surface area (Å²) in [6.45, 7) is 3.87. The molecule has 0 spiro atoms. The van der Waals surface area contributed by atoms with Gasteiger partial charge in [-0.05, 0) is 33.6 Å².